The molecule has 0 spiro atoms. The average Bonchev–Trinajstić information content (AvgIpc) is 2.24. The van der Waals surface area contributed by atoms with Gasteiger partial charge in [0.25, 0.3) is 0 Å². The minimum absolute atomic E-state index is 0. The largest absolute Gasteiger partial charge is 3.00 e. The van der Waals surface area contributed by atoms with E-state index in [0.717, 1.165) is 12.8 Å². The molecule has 0 aliphatic heterocycles. The van der Waals surface area contributed by atoms with Gasteiger partial charge < -0.3 is 18.9 Å². The van der Waals surface area contributed by atoms with Gasteiger partial charge in [-0.2, -0.15) is 0 Å². The zero-order chi connectivity index (χ0) is 13.0. The van der Waals surface area contributed by atoms with Crippen molar-refractivity contribution in [1.82, 2.24) is 0 Å². The Bertz CT molecular complexity index is 208. The van der Waals surface area contributed by atoms with E-state index in [1.807, 2.05) is 0 Å². The summed E-state index contributed by atoms with van der Waals surface area (Å²) in [7, 11) is -4.74. The van der Waals surface area contributed by atoms with E-state index in [2.05, 4.69) is 11.4 Å². The van der Waals surface area contributed by atoms with Gasteiger partial charge in [0.1, 0.15) is 0 Å². The summed E-state index contributed by atoms with van der Waals surface area (Å²) in [5.74, 6) is 0. The zero-order valence-corrected chi connectivity index (χ0v) is 13.5. The first-order chi connectivity index (χ1) is 8.06. The van der Waals surface area contributed by atoms with Crippen molar-refractivity contribution in [1.29, 1.82) is 0 Å². The van der Waals surface area contributed by atoms with Gasteiger partial charge >= 0.3 is 17.4 Å². The number of phosphoric acid groups is 1. The topological polar surface area (TPSA) is 72.4 Å². The van der Waals surface area contributed by atoms with E-state index in [4.69, 9.17) is 0 Å². The molecule has 0 bridgehead atoms. The van der Waals surface area contributed by atoms with E-state index in [9.17, 15) is 14.4 Å². The normalized spacial score (nSPS) is 11.3. The maximum atomic E-state index is 10.1. The van der Waals surface area contributed by atoms with Gasteiger partial charge in [-0.25, -0.2) is 0 Å². The first-order valence-electron chi connectivity index (χ1n) is 6.73. The molecule has 18 heavy (non-hydrogen) atoms. The second kappa shape index (κ2) is 14.1. The average molecular weight is 291 g/mol. The van der Waals surface area contributed by atoms with Crippen LogP contribution in [-0.2, 0) is 9.09 Å². The Labute approximate surface area is 122 Å². The van der Waals surface area contributed by atoms with Crippen LogP contribution in [0.25, 0.3) is 0 Å². The minimum atomic E-state index is -4.74. The molecule has 0 aliphatic carbocycles. The Morgan fingerprint density at radius 1 is 0.833 bits per heavy atom. The molecule has 0 atom stereocenters. The molecule has 0 N–H and O–H groups in total. The molecule has 104 valence electrons. The third-order valence-corrected chi connectivity index (χ3v) is 3.25. The number of rotatable bonds is 12. The molecule has 0 rings (SSSR count). The van der Waals surface area contributed by atoms with Crippen LogP contribution in [0, 0.1) is 0 Å². The molecule has 0 aromatic carbocycles. The van der Waals surface area contributed by atoms with Crippen LogP contribution in [0.4, 0.5) is 0 Å². The van der Waals surface area contributed by atoms with Crippen molar-refractivity contribution in [3.63, 3.8) is 0 Å². The summed E-state index contributed by atoms with van der Waals surface area (Å²) in [6.45, 7) is 2.26. The molecule has 0 saturated heterocycles. The van der Waals surface area contributed by atoms with Crippen LogP contribution in [0.3, 0.4) is 0 Å². The fourth-order valence-electron chi connectivity index (χ4n) is 1.77. The predicted octanol–water partition coefficient (Wildman–Crippen LogP) is 2.37. The first-order valence-corrected chi connectivity index (χ1v) is 8.19. The molecular weight excluding hydrogens is 266 g/mol. The quantitative estimate of drug-likeness (QED) is 0.314. The van der Waals surface area contributed by atoms with Crippen molar-refractivity contribution >= 4 is 25.2 Å². The molecule has 0 aromatic heterocycles. The molecule has 0 heterocycles. The SMILES string of the molecule is CCCCCCCCCCCCOP(=O)([O-])[O-].[Al+3]. The van der Waals surface area contributed by atoms with E-state index in [-0.39, 0.29) is 24.0 Å². The van der Waals surface area contributed by atoms with E-state index >= 15 is 0 Å². The van der Waals surface area contributed by atoms with Crippen molar-refractivity contribution in [2.24, 2.45) is 0 Å². The fraction of sp³-hybridized carbons (Fsp3) is 1.00. The molecule has 0 aliphatic rings. The molecule has 0 saturated carbocycles. The number of hydrogen-bond acceptors (Lipinski definition) is 4. The van der Waals surface area contributed by atoms with Gasteiger partial charge in [-0.15, -0.1) is 0 Å². The zero-order valence-electron chi connectivity index (χ0n) is 11.4. The van der Waals surface area contributed by atoms with Crippen molar-refractivity contribution in [3.8, 4) is 0 Å². The summed E-state index contributed by atoms with van der Waals surface area (Å²) >= 11 is 0. The Balaban J connectivity index is 0. The first kappa shape index (κ1) is 21.0. The van der Waals surface area contributed by atoms with Crippen LogP contribution in [0.1, 0.15) is 71.1 Å². The van der Waals surface area contributed by atoms with Crippen molar-refractivity contribution in [2.45, 2.75) is 71.1 Å². The third-order valence-electron chi connectivity index (χ3n) is 2.75. The summed E-state index contributed by atoms with van der Waals surface area (Å²) in [5, 5.41) is 0. The molecule has 0 radical (unpaired) electrons. The maximum absolute atomic E-state index is 10.1. The summed E-state index contributed by atoms with van der Waals surface area (Å²) < 4.78 is 14.3. The molecule has 0 fully saturated rings. The summed E-state index contributed by atoms with van der Waals surface area (Å²) in [5.41, 5.74) is 0. The Kier molecular flexibility index (Phi) is 16.4. The second-order valence-corrected chi connectivity index (χ2v) is 5.62. The van der Waals surface area contributed by atoms with E-state index in [1.54, 1.807) is 0 Å². The van der Waals surface area contributed by atoms with Crippen molar-refractivity contribution < 1.29 is 18.9 Å². The monoisotopic (exact) mass is 291 g/mol. The summed E-state index contributed by atoms with van der Waals surface area (Å²) in [4.78, 5) is 20.3. The Morgan fingerprint density at radius 2 is 1.22 bits per heavy atom. The minimum Gasteiger partial charge on any atom is -0.790 e. The summed E-state index contributed by atoms with van der Waals surface area (Å²) in [6.07, 6.45) is 11.7. The van der Waals surface area contributed by atoms with Gasteiger partial charge in [-0.05, 0) is 6.42 Å². The second-order valence-electron chi connectivity index (χ2n) is 4.46. The third kappa shape index (κ3) is 19.0. The van der Waals surface area contributed by atoms with Crippen LogP contribution >= 0.6 is 7.82 Å². The maximum Gasteiger partial charge on any atom is 3.00 e. The van der Waals surface area contributed by atoms with Crippen molar-refractivity contribution in [3.05, 3.63) is 0 Å². The van der Waals surface area contributed by atoms with Gasteiger partial charge in [0.15, 0.2) is 0 Å². The van der Waals surface area contributed by atoms with Gasteiger partial charge in [-0.1, -0.05) is 64.7 Å². The van der Waals surface area contributed by atoms with Crippen LogP contribution in [-0.4, -0.2) is 24.0 Å². The van der Waals surface area contributed by atoms with Crippen LogP contribution in [0.5, 0.6) is 0 Å². The Morgan fingerprint density at radius 3 is 1.61 bits per heavy atom. The fourth-order valence-corrected chi connectivity index (χ4v) is 2.12. The molecule has 0 aromatic rings. The Hall–Kier alpha value is 0.642. The standard InChI is InChI=1S/C12H27O4P.Al/c1-2-3-4-5-6-7-8-9-10-11-12-16-17(13,14)15;/h2-12H2,1H3,(H2,13,14,15);/q;+3/p-2. The number of phosphoric ester groups is 1. The van der Waals surface area contributed by atoms with E-state index in [0.29, 0.717) is 6.42 Å². The number of unbranched alkanes of at least 4 members (excludes halogenated alkanes) is 9. The molecular formula is C12H25AlO4P+. The van der Waals surface area contributed by atoms with Crippen LogP contribution in [0.2, 0.25) is 0 Å². The molecule has 6 heteroatoms. The van der Waals surface area contributed by atoms with Crippen molar-refractivity contribution in [2.75, 3.05) is 6.61 Å². The van der Waals surface area contributed by atoms with Gasteiger partial charge in [-0.3, -0.25) is 0 Å². The predicted molar refractivity (Wildman–Crippen MR) is 71.2 cm³/mol. The molecule has 0 amide bonds. The smallest absolute Gasteiger partial charge is 0.790 e. The van der Waals surface area contributed by atoms with Gasteiger partial charge in [0, 0.05) is 0 Å². The van der Waals surface area contributed by atoms with Gasteiger partial charge in [0.2, 0.25) is 0 Å². The summed E-state index contributed by atoms with van der Waals surface area (Å²) in [6, 6.07) is 0. The van der Waals surface area contributed by atoms with E-state index < -0.39 is 7.82 Å². The van der Waals surface area contributed by atoms with Gasteiger partial charge in [0.05, 0.1) is 14.4 Å². The van der Waals surface area contributed by atoms with Crippen LogP contribution < -0.4 is 9.79 Å². The molecule has 4 nitrogen and oxygen atoms in total. The molecule has 0 unspecified atom stereocenters. The number of hydrogen-bond donors (Lipinski definition) is 0. The van der Waals surface area contributed by atoms with E-state index in [1.165, 1.54) is 44.9 Å². The van der Waals surface area contributed by atoms with Crippen LogP contribution in [0.15, 0.2) is 0 Å².